The molecule has 1 saturated heterocycles. The molecule has 1 fully saturated rings. The van der Waals surface area contributed by atoms with Crippen molar-refractivity contribution in [3.05, 3.63) is 41.4 Å². The monoisotopic (exact) mass is 396 g/mol. The molecule has 28 heavy (non-hydrogen) atoms. The molecule has 1 amide bonds. The van der Waals surface area contributed by atoms with Crippen molar-refractivity contribution in [3.63, 3.8) is 0 Å². The van der Waals surface area contributed by atoms with Gasteiger partial charge in [-0.2, -0.15) is 0 Å². The molecule has 8 heteroatoms. The van der Waals surface area contributed by atoms with Crippen LogP contribution in [0.2, 0.25) is 0 Å². The number of rotatable bonds is 5. The van der Waals surface area contributed by atoms with Crippen LogP contribution in [0.3, 0.4) is 0 Å². The van der Waals surface area contributed by atoms with E-state index in [4.69, 9.17) is 0 Å². The first-order chi connectivity index (χ1) is 13.7. The van der Waals surface area contributed by atoms with Crippen LogP contribution in [0.1, 0.15) is 23.6 Å². The van der Waals surface area contributed by atoms with Crippen LogP contribution < -0.4 is 9.80 Å². The molecule has 0 bridgehead atoms. The van der Waals surface area contributed by atoms with E-state index in [-0.39, 0.29) is 5.91 Å². The number of benzene rings is 1. The Bertz CT molecular complexity index is 912. The van der Waals surface area contributed by atoms with Gasteiger partial charge >= 0.3 is 0 Å². The number of thiazole rings is 1. The molecule has 0 saturated carbocycles. The van der Waals surface area contributed by atoms with Gasteiger partial charge in [0, 0.05) is 39.3 Å². The van der Waals surface area contributed by atoms with Crippen LogP contribution >= 0.6 is 11.3 Å². The van der Waals surface area contributed by atoms with Gasteiger partial charge in [0.2, 0.25) is 0 Å². The quantitative estimate of drug-likeness (QED) is 0.661. The molecule has 0 spiro atoms. The summed E-state index contributed by atoms with van der Waals surface area (Å²) < 4.78 is 1.05. The zero-order chi connectivity index (χ0) is 19.5. The summed E-state index contributed by atoms with van der Waals surface area (Å²) >= 11 is 1.46. The lowest BCUT2D eigenvalue weighted by Gasteiger charge is -2.34. The summed E-state index contributed by atoms with van der Waals surface area (Å²) in [5.41, 5.74) is 0.887. The molecule has 3 heterocycles. The number of anilines is 2. The lowest BCUT2D eigenvalue weighted by Crippen LogP contribution is -2.49. The Hall–Kier alpha value is -2.74. The van der Waals surface area contributed by atoms with E-state index in [2.05, 4.69) is 38.8 Å². The highest BCUT2D eigenvalue weighted by atomic mass is 32.1. The second kappa shape index (κ2) is 8.10. The van der Waals surface area contributed by atoms with Gasteiger partial charge < -0.3 is 14.7 Å². The average molecular weight is 397 g/mol. The van der Waals surface area contributed by atoms with Gasteiger partial charge in [-0.15, -0.1) is 21.5 Å². The summed E-state index contributed by atoms with van der Waals surface area (Å²) in [4.78, 5) is 23.5. The van der Waals surface area contributed by atoms with Gasteiger partial charge in [-0.25, -0.2) is 4.98 Å². The average Bonchev–Trinajstić information content (AvgIpc) is 3.19. The van der Waals surface area contributed by atoms with Crippen molar-refractivity contribution in [3.8, 4) is 0 Å². The third-order valence-electron chi connectivity index (χ3n) is 5.09. The molecule has 0 radical (unpaired) electrons. The third kappa shape index (κ3) is 3.64. The van der Waals surface area contributed by atoms with Crippen molar-refractivity contribution in [1.82, 2.24) is 20.1 Å². The van der Waals surface area contributed by atoms with E-state index in [1.807, 2.05) is 41.3 Å². The molecule has 1 aromatic carbocycles. The number of nitrogens with zero attached hydrogens (tertiary/aromatic N) is 6. The SMILES string of the molecule is CCN(CC)c1ccc(N2CCN(C(=O)c3nc4ccccc4s3)CC2)nn1. The standard InChI is InChI=1S/C20H24N6OS/c1-3-24(4-2)17-9-10-18(23-22-17)25-11-13-26(14-12-25)20(27)19-21-15-7-5-6-8-16(15)28-19/h5-10H,3-4,11-14H2,1-2H3. The highest BCUT2D eigenvalue weighted by molar-refractivity contribution is 7.20. The van der Waals surface area contributed by atoms with E-state index in [1.54, 1.807) is 0 Å². The number of para-hydroxylation sites is 1. The number of hydrogen-bond donors (Lipinski definition) is 0. The number of amides is 1. The fourth-order valence-electron chi connectivity index (χ4n) is 3.44. The van der Waals surface area contributed by atoms with Crippen LogP contribution in [0.5, 0.6) is 0 Å². The van der Waals surface area contributed by atoms with E-state index in [0.29, 0.717) is 18.1 Å². The summed E-state index contributed by atoms with van der Waals surface area (Å²) in [6.45, 7) is 8.87. The Morgan fingerprint density at radius 2 is 1.79 bits per heavy atom. The van der Waals surface area contributed by atoms with Crippen molar-refractivity contribution in [1.29, 1.82) is 0 Å². The predicted octanol–water partition coefficient (Wildman–Crippen LogP) is 2.89. The first kappa shape index (κ1) is 18.6. The molecule has 146 valence electrons. The first-order valence-corrected chi connectivity index (χ1v) is 10.5. The molecular formula is C20H24N6OS. The maximum absolute atomic E-state index is 12.8. The van der Waals surface area contributed by atoms with Crippen LogP contribution in [0.4, 0.5) is 11.6 Å². The minimum Gasteiger partial charge on any atom is -0.356 e. The highest BCUT2D eigenvalue weighted by Gasteiger charge is 2.25. The minimum atomic E-state index is 0.0174. The van der Waals surface area contributed by atoms with Gasteiger partial charge in [-0.1, -0.05) is 12.1 Å². The maximum atomic E-state index is 12.8. The van der Waals surface area contributed by atoms with E-state index < -0.39 is 0 Å². The minimum absolute atomic E-state index is 0.0174. The Balaban J connectivity index is 1.39. The van der Waals surface area contributed by atoms with E-state index >= 15 is 0 Å². The number of aromatic nitrogens is 3. The van der Waals surface area contributed by atoms with Gasteiger partial charge in [0.25, 0.3) is 5.91 Å². The summed E-state index contributed by atoms with van der Waals surface area (Å²) in [6, 6.07) is 11.9. The van der Waals surface area contributed by atoms with Crippen LogP contribution in [0.25, 0.3) is 10.2 Å². The van der Waals surface area contributed by atoms with Gasteiger partial charge in [0.1, 0.15) is 0 Å². The number of carbonyl (C=O) groups is 1. The Labute approximate surface area is 168 Å². The van der Waals surface area contributed by atoms with Crippen molar-refractivity contribution >= 4 is 39.1 Å². The van der Waals surface area contributed by atoms with Crippen LogP contribution in [0, 0.1) is 0 Å². The Morgan fingerprint density at radius 3 is 2.43 bits per heavy atom. The van der Waals surface area contributed by atoms with Gasteiger partial charge in [-0.3, -0.25) is 4.79 Å². The second-order valence-electron chi connectivity index (χ2n) is 6.69. The Kier molecular flexibility index (Phi) is 5.38. The third-order valence-corrected chi connectivity index (χ3v) is 6.12. The smallest absolute Gasteiger partial charge is 0.282 e. The molecule has 0 N–H and O–H groups in total. The van der Waals surface area contributed by atoms with E-state index in [9.17, 15) is 4.79 Å². The van der Waals surface area contributed by atoms with Crippen molar-refractivity contribution in [2.75, 3.05) is 49.1 Å². The van der Waals surface area contributed by atoms with Gasteiger partial charge in [0.15, 0.2) is 16.6 Å². The largest absolute Gasteiger partial charge is 0.356 e. The fourth-order valence-corrected chi connectivity index (χ4v) is 4.37. The molecule has 3 aromatic rings. The Morgan fingerprint density at radius 1 is 1.04 bits per heavy atom. The van der Waals surface area contributed by atoms with E-state index in [0.717, 1.165) is 48.0 Å². The van der Waals surface area contributed by atoms with Crippen LogP contribution in [-0.2, 0) is 0 Å². The van der Waals surface area contributed by atoms with Gasteiger partial charge in [-0.05, 0) is 38.1 Å². The molecule has 0 unspecified atom stereocenters. The van der Waals surface area contributed by atoms with Crippen molar-refractivity contribution in [2.24, 2.45) is 0 Å². The van der Waals surface area contributed by atoms with Crippen molar-refractivity contribution in [2.45, 2.75) is 13.8 Å². The predicted molar refractivity (Wildman–Crippen MR) is 113 cm³/mol. The lowest BCUT2D eigenvalue weighted by molar-refractivity contribution is 0.0746. The fraction of sp³-hybridized carbons (Fsp3) is 0.400. The molecule has 2 aromatic heterocycles. The molecule has 7 nitrogen and oxygen atoms in total. The zero-order valence-electron chi connectivity index (χ0n) is 16.2. The number of carbonyl (C=O) groups excluding carboxylic acids is 1. The second-order valence-corrected chi connectivity index (χ2v) is 7.72. The zero-order valence-corrected chi connectivity index (χ0v) is 17.0. The molecular weight excluding hydrogens is 372 g/mol. The molecule has 0 aliphatic carbocycles. The highest BCUT2D eigenvalue weighted by Crippen LogP contribution is 2.23. The maximum Gasteiger partial charge on any atom is 0.282 e. The van der Waals surface area contributed by atoms with Crippen LogP contribution in [0.15, 0.2) is 36.4 Å². The summed E-state index contributed by atoms with van der Waals surface area (Å²) in [6.07, 6.45) is 0. The topological polar surface area (TPSA) is 65.5 Å². The molecule has 1 aliphatic heterocycles. The normalized spacial score (nSPS) is 14.5. The van der Waals surface area contributed by atoms with Gasteiger partial charge in [0.05, 0.1) is 10.2 Å². The summed E-state index contributed by atoms with van der Waals surface area (Å²) in [5.74, 6) is 1.78. The van der Waals surface area contributed by atoms with E-state index in [1.165, 1.54) is 11.3 Å². The first-order valence-electron chi connectivity index (χ1n) is 9.68. The summed E-state index contributed by atoms with van der Waals surface area (Å²) in [7, 11) is 0. The number of hydrogen-bond acceptors (Lipinski definition) is 7. The molecule has 4 rings (SSSR count). The van der Waals surface area contributed by atoms with Crippen molar-refractivity contribution < 1.29 is 4.79 Å². The molecule has 1 aliphatic rings. The lowest BCUT2D eigenvalue weighted by atomic mass is 10.3. The number of fused-ring (bicyclic) bond motifs is 1. The summed E-state index contributed by atoms with van der Waals surface area (Å²) in [5, 5.41) is 9.33. The van der Waals surface area contributed by atoms with Crippen LogP contribution in [-0.4, -0.2) is 65.3 Å². The molecule has 0 atom stereocenters. The number of piperazine rings is 1.